The van der Waals surface area contributed by atoms with Crippen molar-refractivity contribution >= 4 is 11.5 Å². The number of imidazole rings is 1. The SMILES string of the molecule is CCCc1n(-c2ccccc2)c(Nc2ccccc2)c[n+]1-c1ccccc1.[Cl-]. The average Bonchev–Trinajstić information content (AvgIpc) is 3.08. The van der Waals surface area contributed by atoms with Gasteiger partial charge >= 0.3 is 0 Å². The van der Waals surface area contributed by atoms with Crippen molar-refractivity contribution in [2.75, 3.05) is 5.32 Å². The maximum atomic E-state index is 3.60. The van der Waals surface area contributed by atoms with Crippen LogP contribution in [0.3, 0.4) is 0 Å². The molecule has 3 aromatic carbocycles. The smallest absolute Gasteiger partial charge is 0.268 e. The highest BCUT2D eigenvalue weighted by Gasteiger charge is 2.25. The van der Waals surface area contributed by atoms with Crippen molar-refractivity contribution < 1.29 is 17.0 Å². The van der Waals surface area contributed by atoms with E-state index in [1.165, 1.54) is 11.5 Å². The lowest BCUT2D eigenvalue weighted by Crippen LogP contribution is -3.00. The quantitative estimate of drug-likeness (QED) is 0.502. The highest BCUT2D eigenvalue weighted by molar-refractivity contribution is 5.58. The number of nitrogens with one attached hydrogen (secondary N) is 1. The Kier molecular flexibility index (Phi) is 6.51. The summed E-state index contributed by atoms with van der Waals surface area (Å²) in [5, 5.41) is 3.60. The summed E-state index contributed by atoms with van der Waals surface area (Å²) in [5.41, 5.74) is 3.41. The van der Waals surface area contributed by atoms with Gasteiger partial charge < -0.3 is 17.7 Å². The van der Waals surface area contributed by atoms with Crippen LogP contribution in [0.25, 0.3) is 11.4 Å². The Morgan fingerprint density at radius 1 is 0.786 bits per heavy atom. The van der Waals surface area contributed by atoms with E-state index in [-0.39, 0.29) is 12.4 Å². The molecule has 0 spiro atoms. The summed E-state index contributed by atoms with van der Waals surface area (Å²) in [6.07, 6.45) is 4.26. The van der Waals surface area contributed by atoms with Gasteiger partial charge in [-0.1, -0.05) is 61.5 Å². The predicted octanol–water partition coefficient (Wildman–Crippen LogP) is 2.45. The molecule has 0 aliphatic heterocycles. The molecule has 3 nitrogen and oxygen atoms in total. The molecule has 1 aromatic heterocycles. The molecule has 0 saturated carbocycles. The van der Waals surface area contributed by atoms with E-state index >= 15 is 0 Å². The summed E-state index contributed by atoms with van der Waals surface area (Å²) in [5.74, 6) is 2.31. The Labute approximate surface area is 172 Å². The number of aromatic nitrogens is 2. The Balaban J connectivity index is 0.00000225. The molecule has 4 rings (SSSR count). The van der Waals surface area contributed by atoms with Crippen LogP contribution >= 0.6 is 0 Å². The Morgan fingerprint density at radius 3 is 1.96 bits per heavy atom. The number of halogens is 1. The minimum atomic E-state index is 0. The summed E-state index contributed by atoms with van der Waals surface area (Å²) >= 11 is 0. The van der Waals surface area contributed by atoms with Crippen LogP contribution in [0.2, 0.25) is 0 Å². The number of benzene rings is 3. The summed E-state index contributed by atoms with van der Waals surface area (Å²) in [6, 6.07) is 31.4. The third-order valence-electron chi connectivity index (χ3n) is 4.60. The molecule has 0 aliphatic rings. The first-order valence-corrected chi connectivity index (χ1v) is 9.46. The third-order valence-corrected chi connectivity index (χ3v) is 4.60. The van der Waals surface area contributed by atoms with Gasteiger partial charge in [-0.25, -0.2) is 0 Å². The summed E-state index contributed by atoms with van der Waals surface area (Å²) < 4.78 is 4.62. The van der Waals surface area contributed by atoms with Gasteiger partial charge in [-0.05, 0) is 42.8 Å². The fourth-order valence-electron chi connectivity index (χ4n) is 3.39. The van der Waals surface area contributed by atoms with E-state index in [1.807, 2.05) is 6.07 Å². The first kappa shape index (κ1) is 19.7. The normalized spacial score (nSPS) is 10.3. The van der Waals surface area contributed by atoms with Crippen molar-refractivity contribution in [3.05, 3.63) is 103 Å². The van der Waals surface area contributed by atoms with Crippen LogP contribution < -0.4 is 22.3 Å². The number of rotatable bonds is 6. The molecule has 4 heteroatoms. The van der Waals surface area contributed by atoms with E-state index in [0.29, 0.717) is 0 Å². The zero-order valence-corrected chi connectivity index (χ0v) is 16.7. The fraction of sp³-hybridized carbons (Fsp3) is 0.125. The molecule has 4 aromatic rings. The van der Waals surface area contributed by atoms with Crippen LogP contribution in [0.4, 0.5) is 11.5 Å². The highest BCUT2D eigenvalue weighted by Crippen LogP contribution is 2.24. The summed E-state index contributed by atoms with van der Waals surface area (Å²) in [4.78, 5) is 0. The van der Waals surface area contributed by atoms with E-state index in [1.54, 1.807) is 0 Å². The summed E-state index contributed by atoms with van der Waals surface area (Å²) in [6.45, 7) is 2.22. The highest BCUT2D eigenvalue weighted by atomic mass is 35.5. The van der Waals surface area contributed by atoms with Gasteiger partial charge in [0.1, 0.15) is 11.4 Å². The Morgan fingerprint density at radius 2 is 1.36 bits per heavy atom. The Bertz CT molecular complexity index is 996. The topological polar surface area (TPSA) is 20.8 Å². The van der Waals surface area contributed by atoms with E-state index in [9.17, 15) is 0 Å². The monoisotopic (exact) mass is 389 g/mol. The first-order chi connectivity index (χ1) is 13.4. The van der Waals surface area contributed by atoms with Crippen molar-refractivity contribution in [2.45, 2.75) is 19.8 Å². The lowest BCUT2D eigenvalue weighted by molar-refractivity contribution is -0.603. The van der Waals surface area contributed by atoms with Gasteiger partial charge in [0, 0.05) is 12.1 Å². The van der Waals surface area contributed by atoms with Crippen LogP contribution in [-0.2, 0) is 6.42 Å². The van der Waals surface area contributed by atoms with E-state index in [4.69, 9.17) is 0 Å². The zero-order valence-electron chi connectivity index (χ0n) is 15.9. The van der Waals surface area contributed by atoms with Crippen LogP contribution in [0, 0.1) is 0 Å². The second-order valence-electron chi connectivity index (χ2n) is 6.55. The fourth-order valence-corrected chi connectivity index (χ4v) is 3.39. The van der Waals surface area contributed by atoms with Crippen LogP contribution in [0.5, 0.6) is 0 Å². The zero-order chi connectivity index (χ0) is 18.5. The van der Waals surface area contributed by atoms with Crippen LogP contribution in [-0.4, -0.2) is 4.57 Å². The minimum absolute atomic E-state index is 0. The maximum absolute atomic E-state index is 3.60. The molecule has 0 aliphatic carbocycles. The molecule has 0 unspecified atom stereocenters. The van der Waals surface area contributed by atoms with Gasteiger partial charge in [-0.3, -0.25) is 0 Å². The van der Waals surface area contributed by atoms with Gasteiger partial charge in [0.25, 0.3) is 5.82 Å². The van der Waals surface area contributed by atoms with E-state index in [0.717, 1.165) is 30.0 Å². The predicted molar refractivity (Wildman–Crippen MR) is 111 cm³/mol. The molecule has 0 radical (unpaired) electrons. The molecule has 0 bridgehead atoms. The lowest BCUT2D eigenvalue weighted by Gasteiger charge is -2.07. The van der Waals surface area contributed by atoms with E-state index < -0.39 is 0 Å². The van der Waals surface area contributed by atoms with E-state index in [2.05, 4.69) is 113 Å². The first-order valence-electron chi connectivity index (χ1n) is 9.46. The molecule has 142 valence electrons. The molecule has 0 amide bonds. The number of hydrogen-bond donors (Lipinski definition) is 1. The van der Waals surface area contributed by atoms with Crippen molar-refractivity contribution in [3.63, 3.8) is 0 Å². The van der Waals surface area contributed by atoms with Crippen molar-refractivity contribution in [1.29, 1.82) is 0 Å². The molecule has 0 saturated heterocycles. The molecule has 1 heterocycles. The standard InChI is InChI=1S/C24H24N3.ClH/c1-2-12-24-26(21-15-8-4-9-16-21)19-23(25-20-13-6-3-7-14-20)27(24)22-17-10-5-11-18-22;/h3-11,13-19,25H,2,12H2,1H3;1H/q+1;/p-1. The second kappa shape index (κ2) is 9.25. The molecule has 0 fully saturated rings. The van der Waals surface area contributed by atoms with Crippen molar-refractivity contribution in [3.8, 4) is 11.4 Å². The second-order valence-corrected chi connectivity index (χ2v) is 6.55. The molecular formula is C24H24ClN3. The van der Waals surface area contributed by atoms with Gasteiger partial charge in [0.15, 0.2) is 6.20 Å². The largest absolute Gasteiger partial charge is 1.00 e. The van der Waals surface area contributed by atoms with Gasteiger partial charge in [0.05, 0.1) is 0 Å². The van der Waals surface area contributed by atoms with Gasteiger partial charge in [-0.2, -0.15) is 9.13 Å². The third kappa shape index (κ3) is 4.10. The molecule has 28 heavy (non-hydrogen) atoms. The number of anilines is 2. The lowest BCUT2D eigenvalue weighted by atomic mass is 10.2. The molecule has 0 atom stereocenters. The maximum Gasteiger partial charge on any atom is 0.268 e. The van der Waals surface area contributed by atoms with Crippen molar-refractivity contribution in [1.82, 2.24) is 4.57 Å². The average molecular weight is 390 g/mol. The number of nitrogens with zero attached hydrogens (tertiary/aromatic N) is 2. The Hall–Kier alpha value is -3.04. The minimum Gasteiger partial charge on any atom is -1.00 e. The molecule has 1 N–H and O–H groups in total. The number of para-hydroxylation sites is 3. The van der Waals surface area contributed by atoms with Gasteiger partial charge in [-0.15, -0.1) is 0 Å². The van der Waals surface area contributed by atoms with Crippen molar-refractivity contribution in [2.24, 2.45) is 0 Å². The summed E-state index contributed by atoms with van der Waals surface area (Å²) in [7, 11) is 0. The van der Waals surface area contributed by atoms with Crippen LogP contribution in [0.15, 0.2) is 97.2 Å². The van der Waals surface area contributed by atoms with Gasteiger partial charge in [0.2, 0.25) is 5.82 Å². The molecular weight excluding hydrogens is 366 g/mol. The number of hydrogen-bond acceptors (Lipinski definition) is 1. The van der Waals surface area contributed by atoms with Crippen LogP contribution in [0.1, 0.15) is 19.2 Å².